The van der Waals surface area contributed by atoms with Crippen LogP contribution < -0.4 is 0 Å². The lowest BCUT2D eigenvalue weighted by atomic mass is 10.3. The van der Waals surface area contributed by atoms with Crippen LogP contribution in [0.15, 0.2) is 36.4 Å². The van der Waals surface area contributed by atoms with E-state index in [0.29, 0.717) is 5.69 Å². The van der Waals surface area contributed by atoms with Crippen molar-refractivity contribution in [1.82, 2.24) is 14.7 Å². The van der Waals surface area contributed by atoms with Crippen molar-refractivity contribution in [3.63, 3.8) is 0 Å². The molecule has 1 saturated carbocycles. The second-order valence-corrected chi connectivity index (χ2v) is 5.30. The van der Waals surface area contributed by atoms with Gasteiger partial charge in [-0.1, -0.05) is 18.2 Å². The number of ether oxygens (including phenoxy) is 1. The number of aromatic nitrogens is 2. The van der Waals surface area contributed by atoms with Crippen molar-refractivity contribution in [2.45, 2.75) is 18.9 Å². The molecule has 0 saturated heterocycles. The number of rotatable bonds is 4. The quantitative estimate of drug-likeness (QED) is 0.809. The zero-order chi connectivity index (χ0) is 15.7. The molecule has 1 aromatic heterocycles. The van der Waals surface area contributed by atoms with Gasteiger partial charge in [0.05, 0.1) is 12.8 Å². The van der Waals surface area contributed by atoms with E-state index in [1.807, 2.05) is 30.3 Å². The Morgan fingerprint density at radius 1 is 1.27 bits per heavy atom. The standard InChI is InChI=1S/C16H17N3O3/c1-18(11-8-9-11)15(20)14-10-13(16(21)22-2)17-19(14)12-6-4-3-5-7-12/h3-7,10-11H,8-9H2,1-2H3. The molecule has 1 aromatic carbocycles. The van der Waals surface area contributed by atoms with Crippen molar-refractivity contribution in [3.05, 3.63) is 47.8 Å². The van der Waals surface area contributed by atoms with Crippen molar-refractivity contribution in [2.24, 2.45) is 0 Å². The summed E-state index contributed by atoms with van der Waals surface area (Å²) in [4.78, 5) is 26.1. The van der Waals surface area contributed by atoms with Crippen LogP contribution in [-0.4, -0.2) is 46.8 Å². The SMILES string of the molecule is COC(=O)c1cc(C(=O)N(C)C2CC2)n(-c2ccccc2)n1. The summed E-state index contributed by atoms with van der Waals surface area (Å²) in [5.74, 6) is -0.702. The first-order valence-electron chi connectivity index (χ1n) is 7.12. The number of amides is 1. The minimum Gasteiger partial charge on any atom is -0.464 e. The number of carbonyl (C=O) groups is 2. The Bertz CT molecular complexity index is 705. The molecule has 0 unspecified atom stereocenters. The smallest absolute Gasteiger partial charge is 0.358 e. The molecule has 0 radical (unpaired) electrons. The number of nitrogens with zero attached hydrogens (tertiary/aromatic N) is 3. The first kappa shape index (κ1) is 14.3. The number of hydrogen-bond donors (Lipinski definition) is 0. The largest absolute Gasteiger partial charge is 0.464 e. The molecule has 1 fully saturated rings. The van der Waals surface area contributed by atoms with Gasteiger partial charge >= 0.3 is 5.97 Å². The van der Waals surface area contributed by atoms with Gasteiger partial charge in [0, 0.05) is 19.2 Å². The molecular weight excluding hydrogens is 282 g/mol. The van der Waals surface area contributed by atoms with Gasteiger partial charge in [0.2, 0.25) is 0 Å². The first-order chi connectivity index (χ1) is 10.6. The van der Waals surface area contributed by atoms with Crippen LogP contribution in [-0.2, 0) is 4.74 Å². The Kier molecular flexibility index (Phi) is 3.66. The molecule has 1 amide bonds. The first-order valence-corrected chi connectivity index (χ1v) is 7.12. The number of esters is 1. The fourth-order valence-electron chi connectivity index (χ4n) is 2.31. The topological polar surface area (TPSA) is 64.4 Å². The lowest BCUT2D eigenvalue weighted by Crippen LogP contribution is -2.30. The third kappa shape index (κ3) is 2.59. The second kappa shape index (κ2) is 5.63. The molecule has 0 aliphatic heterocycles. The molecule has 0 bridgehead atoms. The van der Waals surface area contributed by atoms with Gasteiger partial charge in [0.15, 0.2) is 5.69 Å². The van der Waals surface area contributed by atoms with Gasteiger partial charge in [-0.05, 0) is 25.0 Å². The average Bonchev–Trinajstić information content (AvgIpc) is 3.31. The minimum atomic E-state index is -0.558. The molecule has 3 rings (SSSR count). The molecule has 0 atom stereocenters. The van der Waals surface area contributed by atoms with E-state index in [1.54, 1.807) is 11.9 Å². The molecule has 6 nitrogen and oxygen atoms in total. The summed E-state index contributed by atoms with van der Waals surface area (Å²) < 4.78 is 6.19. The van der Waals surface area contributed by atoms with Gasteiger partial charge in [-0.3, -0.25) is 4.79 Å². The van der Waals surface area contributed by atoms with E-state index in [-0.39, 0.29) is 17.6 Å². The third-order valence-corrected chi connectivity index (χ3v) is 3.74. The Hall–Kier alpha value is -2.63. The van der Waals surface area contributed by atoms with Crippen LogP contribution in [0.2, 0.25) is 0 Å². The maximum Gasteiger partial charge on any atom is 0.358 e. The Morgan fingerprint density at radius 2 is 1.95 bits per heavy atom. The zero-order valence-corrected chi connectivity index (χ0v) is 12.5. The van der Waals surface area contributed by atoms with E-state index in [2.05, 4.69) is 5.10 Å². The number of para-hydroxylation sites is 1. The van der Waals surface area contributed by atoms with Crippen LogP contribution in [0, 0.1) is 0 Å². The predicted molar refractivity (Wildman–Crippen MR) is 80.0 cm³/mol. The Morgan fingerprint density at radius 3 is 2.55 bits per heavy atom. The number of carbonyl (C=O) groups excluding carboxylic acids is 2. The monoisotopic (exact) mass is 299 g/mol. The van der Waals surface area contributed by atoms with Crippen molar-refractivity contribution in [1.29, 1.82) is 0 Å². The van der Waals surface area contributed by atoms with E-state index in [0.717, 1.165) is 18.5 Å². The molecule has 1 aliphatic carbocycles. The molecule has 1 heterocycles. The van der Waals surface area contributed by atoms with E-state index in [4.69, 9.17) is 4.74 Å². The summed E-state index contributed by atoms with van der Waals surface area (Å²) in [7, 11) is 3.07. The highest BCUT2D eigenvalue weighted by Gasteiger charge is 2.32. The van der Waals surface area contributed by atoms with Crippen molar-refractivity contribution < 1.29 is 14.3 Å². The maximum atomic E-state index is 12.7. The van der Waals surface area contributed by atoms with Crippen molar-refractivity contribution >= 4 is 11.9 Å². The molecule has 0 N–H and O–H groups in total. The number of benzene rings is 1. The van der Waals surface area contributed by atoms with E-state index in [1.165, 1.54) is 17.9 Å². The second-order valence-electron chi connectivity index (χ2n) is 5.30. The van der Waals surface area contributed by atoms with Crippen molar-refractivity contribution in [2.75, 3.05) is 14.2 Å². The van der Waals surface area contributed by atoms with E-state index < -0.39 is 5.97 Å². The van der Waals surface area contributed by atoms with Crippen LogP contribution in [0.5, 0.6) is 0 Å². The minimum absolute atomic E-state index is 0.124. The van der Waals surface area contributed by atoms with Crippen LogP contribution >= 0.6 is 0 Å². The van der Waals surface area contributed by atoms with Gasteiger partial charge in [-0.2, -0.15) is 5.10 Å². The predicted octanol–water partition coefficient (Wildman–Crippen LogP) is 1.89. The number of hydrogen-bond acceptors (Lipinski definition) is 4. The average molecular weight is 299 g/mol. The molecular formula is C16H17N3O3. The Balaban J connectivity index is 2.04. The van der Waals surface area contributed by atoms with E-state index in [9.17, 15) is 9.59 Å². The normalized spacial score (nSPS) is 13.7. The number of methoxy groups -OCH3 is 1. The Labute approximate surface area is 128 Å². The van der Waals surface area contributed by atoms with Gasteiger partial charge in [-0.25, -0.2) is 9.48 Å². The summed E-state index contributed by atoms with van der Waals surface area (Å²) in [5, 5.41) is 4.23. The highest BCUT2D eigenvalue weighted by Crippen LogP contribution is 2.27. The van der Waals surface area contributed by atoms with Crippen LogP contribution in [0.3, 0.4) is 0 Å². The molecule has 0 spiro atoms. The summed E-state index contributed by atoms with van der Waals surface area (Å²) >= 11 is 0. The molecule has 2 aromatic rings. The molecule has 6 heteroatoms. The van der Waals surface area contributed by atoms with Crippen LogP contribution in [0.4, 0.5) is 0 Å². The summed E-state index contributed by atoms with van der Waals surface area (Å²) in [6, 6.07) is 11.0. The highest BCUT2D eigenvalue weighted by atomic mass is 16.5. The third-order valence-electron chi connectivity index (χ3n) is 3.74. The lowest BCUT2D eigenvalue weighted by molar-refractivity contribution is 0.0593. The molecule has 1 aliphatic rings. The maximum absolute atomic E-state index is 12.7. The summed E-state index contributed by atoms with van der Waals surface area (Å²) in [6.07, 6.45) is 2.04. The molecule has 22 heavy (non-hydrogen) atoms. The van der Waals surface area contributed by atoms with Crippen LogP contribution in [0.25, 0.3) is 5.69 Å². The van der Waals surface area contributed by atoms with Gasteiger partial charge in [0.25, 0.3) is 5.91 Å². The van der Waals surface area contributed by atoms with Gasteiger partial charge < -0.3 is 9.64 Å². The highest BCUT2D eigenvalue weighted by molar-refractivity contribution is 5.96. The summed E-state index contributed by atoms with van der Waals surface area (Å²) in [6.45, 7) is 0. The molecule has 114 valence electrons. The zero-order valence-electron chi connectivity index (χ0n) is 12.5. The van der Waals surface area contributed by atoms with Crippen molar-refractivity contribution in [3.8, 4) is 5.69 Å². The van der Waals surface area contributed by atoms with E-state index >= 15 is 0 Å². The van der Waals surface area contributed by atoms with Gasteiger partial charge in [0.1, 0.15) is 5.69 Å². The van der Waals surface area contributed by atoms with Crippen LogP contribution in [0.1, 0.15) is 33.8 Å². The lowest BCUT2D eigenvalue weighted by Gasteiger charge is -2.16. The fraction of sp³-hybridized carbons (Fsp3) is 0.312. The fourth-order valence-corrected chi connectivity index (χ4v) is 2.31. The summed E-state index contributed by atoms with van der Waals surface area (Å²) in [5.41, 5.74) is 1.21. The van der Waals surface area contributed by atoms with Gasteiger partial charge in [-0.15, -0.1) is 0 Å².